The maximum Gasteiger partial charge on any atom is 0.134 e. The average Bonchev–Trinajstić information content (AvgIpc) is 2.27. The molecule has 0 bridgehead atoms. The SMILES string of the molecule is Cc1nc(Cl)cc(NC(C)(C)Cc2ccccc2)n1. The minimum Gasteiger partial charge on any atom is -0.365 e. The normalized spacial score (nSPS) is 11.4. The summed E-state index contributed by atoms with van der Waals surface area (Å²) >= 11 is 5.95. The van der Waals surface area contributed by atoms with Crippen LogP contribution in [0.4, 0.5) is 5.82 Å². The van der Waals surface area contributed by atoms with Gasteiger partial charge in [0.05, 0.1) is 0 Å². The van der Waals surface area contributed by atoms with Gasteiger partial charge in [-0.15, -0.1) is 0 Å². The first kappa shape index (κ1) is 13.8. The molecule has 0 aliphatic carbocycles. The number of aryl methyl sites for hydroxylation is 1. The first-order chi connectivity index (χ1) is 8.94. The van der Waals surface area contributed by atoms with Crippen LogP contribution < -0.4 is 5.32 Å². The first-order valence-corrected chi connectivity index (χ1v) is 6.66. The molecule has 3 nitrogen and oxygen atoms in total. The molecule has 2 rings (SSSR count). The Kier molecular flexibility index (Phi) is 4.05. The maximum atomic E-state index is 5.95. The molecule has 1 aromatic heterocycles. The zero-order chi connectivity index (χ0) is 13.9. The smallest absolute Gasteiger partial charge is 0.134 e. The Hall–Kier alpha value is -1.61. The van der Waals surface area contributed by atoms with Crippen molar-refractivity contribution >= 4 is 17.4 Å². The van der Waals surface area contributed by atoms with Crippen molar-refractivity contribution in [2.45, 2.75) is 32.7 Å². The average molecular weight is 276 g/mol. The fraction of sp³-hybridized carbons (Fsp3) is 0.333. The van der Waals surface area contributed by atoms with Gasteiger partial charge >= 0.3 is 0 Å². The molecule has 0 saturated carbocycles. The highest BCUT2D eigenvalue weighted by atomic mass is 35.5. The second-order valence-corrected chi connectivity index (χ2v) is 5.68. The third kappa shape index (κ3) is 4.21. The van der Waals surface area contributed by atoms with Crippen LogP contribution >= 0.6 is 11.6 Å². The number of aromatic nitrogens is 2. The zero-order valence-electron chi connectivity index (χ0n) is 11.4. The van der Waals surface area contributed by atoms with Gasteiger partial charge in [0.1, 0.15) is 16.8 Å². The molecule has 0 fully saturated rings. The lowest BCUT2D eigenvalue weighted by Gasteiger charge is -2.27. The molecule has 100 valence electrons. The number of nitrogens with zero attached hydrogens (tertiary/aromatic N) is 2. The van der Waals surface area contributed by atoms with E-state index in [9.17, 15) is 0 Å². The lowest BCUT2D eigenvalue weighted by Crippen LogP contribution is -2.34. The van der Waals surface area contributed by atoms with Gasteiger partial charge in [-0.2, -0.15) is 0 Å². The Bertz CT molecular complexity index is 532. The molecule has 1 heterocycles. The number of rotatable bonds is 4. The van der Waals surface area contributed by atoms with Crippen LogP contribution in [0.1, 0.15) is 25.2 Å². The van der Waals surface area contributed by atoms with Crippen molar-refractivity contribution in [1.29, 1.82) is 0 Å². The van der Waals surface area contributed by atoms with Crippen molar-refractivity contribution in [3.8, 4) is 0 Å². The minimum atomic E-state index is -0.106. The number of halogens is 1. The van der Waals surface area contributed by atoms with Crippen molar-refractivity contribution < 1.29 is 0 Å². The van der Waals surface area contributed by atoms with Crippen LogP contribution in [0.15, 0.2) is 36.4 Å². The highest BCUT2D eigenvalue weighted by molar-refractivity contribution is 6.29. The van der Waals surface area contributed by atoms with Crippen LogP contribution in [-0.4, -0.2) is 15.5 Å². The largest absolute Gasteiger partial charge is 0.365 e. The lowest BCUT2D eigenvalue weighted by atomic mass is 9.95. The molecule has 0 atom stereocenters. The van der Waals surface area contributed by atoms with Crippen molar-refractivity contribution in [2.75, 3.05) is 5.32 Å². The van der Waals surface area contributed by atoms with Crippen LogP contribution in [0.5, 0.6) is 0 Å². The summed E-state index contributed by atoms with van der Waals surface area (Å²) in [5.74, 6) is 1.43. The van der Waals surface area contributed by atoms with E-state index < -0.39 is 0 Å². The van der Waals surface area contributed by atoms with E-state index >= 15 is 0 Å². The predicted molar refractivity (Wildman–Crippen MR) is 79.6 cm³/mol. The molecule has 1 N–H and O–H groups in total. The molecular formula is C15H18ClN3. The maximum absolute atomic E-state index is 5.95. The van der Waals surface area contributed by atoms with Crippen molar-refractivity contribution in [3.05, 3.63) is 52.9 Å². The zero-order valence-corrected chi connectivity index (χ0v) is 12.2. The van der Waals surface area contributed by atoms with Gasteiger partial charge in [0.15, 0.2) is 0 Å². The molecule has 4 heteroatoms. The quantitative estimate of drug-likeness (QED) is 0.861. The molecule has 0 saturated heterocycles. The summed E-state index contributed by atoms with van der Waals surface area (Å²) in [5.41, 5.74) is 1.18. The number of nitrogens with one attached hydrogen (secondary N) is 1. The number of anilines is 1. The third-order valence-corrected chi connectivity index (χ3v) is 2.96. The van der Waals surface area contributed by atoms with Gasteiger partial charge in [-0.1, -0.05) is 41.9 Å². The molecule has 0 radical (unpaired) electrons. The van der Waals surface area contributed by atoms with E-state index in [4.69, 9.17) is 11.6 Å². The molecule has 0 spiro atoms. The van der Waals surface area contributed by atoms with Gasteiger partial charge in [0.2, 0.25) is 0 Å². The topological polar surface area (TPSA) is 37.8 Å². The summed E-state index contributed by atoms with van der Waals surface area (Å²) in [7, 11) is 0. The summed E-state index contributed by atoms with van der Waals surface area (Å²) in [6, 6.07) is 12.1. The van der Waals surface area contributed by atoms with Crippen LogP contribution in [-0.2, 0) is 6.42 Å². The van der Waals surface area contributed by atoms with E-state index in [2.05, 4.69) is 53.4 Å². The fourth-order valence-corrected chi connectivity index (χ4v) is 2.32. The third-order valence-electron chi connectivity index (χ3n) is 2.76. The molecule has 0 aliphatic rings. The highest BCUT2D eigenvalue weighted by Gasteiger charge is 2.19. The van der Waals surface area contributed by atoms with Gasteiger partial charge < -0.3 is 5.32 Å². The van der Waals surface area contributed by atoms with Crippen molar-refractivity contribution in [2.24, 2.45) is 0 Å². The number of hydrogen-bond acceptors (Lipinski definition) is 3. The van der Waals surface area contributed by atoms with Crippen LogP contribution in [0.25, 0.3) is 0 Å². The molecule has 0 amide bonds. The second-order valence-electron chi connectivity index (χ2n) is 5.29. The number of benzene rings is 1. The van der Waals surface area contributed by atoms with Crippen LogP contribution in [0.2, 0.25) is 5.15 Å². The Morgan fingerprint density at radius 3 is 2.47 bits per heavy atom. The van der Waals surface area contributed by atoms with E-state index in [-0.39, 0.29) is 5.54 Å². The second kappa shape index (κ2) is 5.57. The summed E-state index contributed by atoms with van der Waals surface area (Å²) in [4.78, 5) is 8.42. The fourth-order valence-electron chi connectivity index (χ4n) is 2.09. The van der Waals surface area contributed by atoms with Gasteiger partial charge in [-0.3, -0.25) is 0 Å². The summed E-state index contributed by atoms with van der Waals surface area (Å²) in [6.07, 6.45) is 0.911. The lowest BCUT2D eigenvalue weighted by molar-refractivity contribution is 0.561. The van der Waals surface area contributed by atoms with Gasteiger partial charge in [0.25, 0.3) is 0 Å². The molecular weight excluding hydrogens is 258 g/mol. The Balaban J connectivity index is 2.12. The Morgan fingerprint density at radius 2 is 1.84 bits per heavy atom. The number of hydrogen-bond donors (Lipinski definition) is 1. The van der Waals surface area contributed by atoms with E-state index in [1.165, 1.54) is 5.56 Å². The molecule has 0 unspecified atom stereocenters. The van der Waals surface area contributed by atoms with Gasteiger partial charge in [-0.25, -0.2) is 9.97 Å². The summed E-state index contributed by atoms with van der Waals surface area (Å²) in [5, 5.41) is 3.88. The van der Waals surface area contributed by atoms with E-state index in [0.29, 0.717) is 11.0 Å². The van der Waals surface area contributed by atoms with E-state index in [1.807, 2.05) is 13.0 Å². The molecule has 0 aliphatic heterocycles. The highest BCUT2D eigenvalue weighted by Crippen LogP contribution is 2.20. The molecule has 19 heavy (non-hydrogen) atoms. The van der Waals surface area contributed by atoms with Crippen LogP contribution in [0, 0.1) is 6.92 Å². The molecule has 2 aromatic rings. The Morgan fingerprint density at radius 1 is 1.16 bits per heavy atom. The minimum absolute atomic E-state index is 0.106. The van der Waals surface area contributed by atoms with Gasteiger partial charge in [-0.05, 0) is 32.8 Å². The standard InChI is InChI=1S/C15H18ClN3/c1-11-17-13(16)9-14(18-11)19-15(2,3)10-12-7-5-4-6-8-12/h4-9H,10H2,1-3H3,(H,17,18,19). The van der Waals surface area contributed by atoms with Gasteiger partial charge in [0, 0.05) is 11.6 Å². The van der Waals surface area contributed by atoms with Crippen LogP contribution in [0.3, 0.4) is 0 Å². The van der Waals surface area contributed by atoms with E-state index in [0.717, 1.165) is 12.2 Å². The predicted octanol–water partition coefficient (Wildman–Crippen LogP) is 3.87. The summed E-state index contributed by atoms with van der Waals surface area (Å²) in [6.45, 7) is 6.12. The van der Waals surface area contributed by atoms with Crippen molar-refractivity contribution in [1.82, 2.24) is 9.97 Å². The van der Waals surface area contributed by atoms with E-state index in [1.54, 1.807) is 6.07 Å². The first-order valence-electron chi connectivity index (χ1n) is 6.28. The monoisotopic (exact) mass is 275 g/mol. The van der Waals surface area contributed by atoms with Crippen molar-refractivity contribution in [3.63, 3.8) is 0 Å². The molecule has 1 aromatic carbocycles. The summed E-state index contributed by atoms with van der Waals surface area (Å²) < 4.78 is 0. The Labute approximate surface area is 119 Å².